The molecule has 130 valence electrons. The van der Waals surface area contributed by atoms with E-state index in [-0.39, 0.29) is 6.61 Å². The summed E-state index contributed by atoms with van der Waals surface area (Å²) in [6, 6.07) is -0.886. The van der Waals surface area contributed by atoms with E-state index in [1.165, 1.54) is 19.9 Å². The van der Waals surface area contributed by atoms with E-state index in [0.717, 1.165) is 0 Å². The lowest BCUT2D eigenvalue weighted by molar-refractivity contribution is -0.142. The molecule has 24 heavy (non-hydrogen) atoms. The number of β-lactam (4-membered cyclic amide) rings is 1. The third-order valence-corrected chi connectivity index (χ3v) is 4.35. The fourth-order valence-electron chi connectivity index (χ4n) is 2.20. The summed E-state index contributed by atoms with van der Waals surface area (Å²) in [6.07, 6.45) is 0.197. The number of hydrogen-bond acceptors (Lipinski definition) is 7. The van der Waals surface area contributed by atoms with Gasteiger partial charge in [0.15, 0.2) is 5.12 Å². The van der Waals surface area contributed by atoms with Crippen molar-refractivity contribution in [1.29, 1.82) is 0 Å². The number of aliphatic hydroxyl groups is 1. The number of Topliss-reactive ketones (excluding diaryl/α,β-unsaturated/α-hetero) is 1. The highest BCUT2D eigenvalue weighted by Crippen LogP contribution is 2.30. The maximum absolute atomic E-state index is 12.5. The van der Waals surface area contributed by atoms with Gasteiger partial charge in [-0.2, -0.15) is 4.79 Å². The largest absolute Gasteiger partial charge is 0.453 e. The van der Waals surface area contributed by atoms with Crippen molar-refractivity contribution in [3.8, 4) is 0 Å². The molecule has 0 spiro atoms. The number of carbonyl (C=O) groups is 4. The summed E-state index contributed by atoms with van der Waals surface area (Å²) in [5.41, 5.74) is 8.06. The molecule has 1 fully saturated rings. The number of thioether (sulfide) groups is 1. The molecule has 0 saturated carbocycles. The Bertz CT molecular complexity index is 626. The summed E-state index contributed by atoms with van der Waals surface area (Å²) in [7, 11) is 0. The minimum atomic E-state index is -1.23. The third-order valence-electron chi connectivity index (χ3n) is 3.25. The van der Waals surface area contributed by atoms with E-state index in [9.17, 15) is 24.3 Å². The van der Waals surface area contributed by atoms with E-state index >= 15 is 0 Å². The van der Waals surface area contributed by atoms with Crippen LogP contribution >= 0.6 is 11.8 Å². The summed E-state index contributed by atoms with van der Waals surface area (Å²) < 4.78 is 4.65. The zero-order valence-corrected chi connectivity index (χ0v) is 13.9. The van der Waals surface area contributed by atoms with Crippen LogP contribution in [0.2, 0.25) is 0 Å². The number of carbonyl (C=O) groups excluding carboxylic acids is 4. The van der Waals surface area contributed by atoms with Crippen LogP contribution in [0, 0.1) is 5.92 Å². The number of esters is 1. The molecule has 1 aliphatic heterocycles. The van der Waals surface area contributed by atoms with E-state index in [4.69, 9.17) is 5.53 Å². The number of aliphatic hydroxyl groups excluding tert-OH is 1. The SMILES string of the molecule is C=CCOC(=O)C(=[N+]=[N-])C(=O)[C@@H](SC(C)=O)[C@H]1NC(=O)[C@@H]1[C@@H](C)O. The van der Waals surface area contributed by atoms with Gasteiger partial charge in [-0.3, -0.25) is 14.4 Å². The van der Waals surface area contributed by atoms with Gasteiger partial charge >= 0.3 is 11.7 Å². The fourth-order valence-corrected chi connectivity index (χ4v) is 3.16. The Labute approximate surface area is 142 Å². The van der Waals surface area contributed by atoms with Crippen LogP contribution in [0.4, 0.5) is 0 Å². The van der Waals surface area contributed by atoms with Crippen LogP contribution < -0.4 is 5.32 Å². The first-order valence-corrected chi connectivity index (χ1v) is 7.82. The Kier molecular flexibility index (Phi) is 7.02. The molecule has 2 N–H and O–H groups in total. The van der Waals surface area contributed by atoms with Crippen molar-refractivity contribution in [3.63, 3.8) is 0 Å². The molecule has 1 rings (SSSR count). The average Bonchev–Trinajstić information content (AvgIpc) is 2.47. The van der Waals surface area contributed by atoms with Crippen molar-refractivity contribution >= 4 is 40.2 Å². The van der Waals surface area contributed by atoms with Crippen LogP contribution in [-0.2, 0) is 23.9 Å². The van der Waals surface area contributed by atoms with Gasteiger partial charge in [-0.15, -0.1) is 0 Å². The highest BCUT2D eigenvalue weighted by molar-refractivity contribution is 8.14. The van der Waals surface area contributed by atoms with Crippen LogP contribution in [0.25, 0.3) is 5.53 Å². The molecule has 0 radical (unpaired) electrons. The topological polar surface area (TPSA) is 146 Å². The molecule has 10 heteroatoms. The lowest BCUT2D eigenvalue weighted by atomic mass is 9.82. The number of nitrogens with zero attached hydrogens (tertiary/aromatic N) is 2. The number of rotatable bonds is 8. The van der Waals surface area contributed by atoms with Gasteiger partial charge in [-0.25, -0.2) is 4.79 Å². The number of nitrogens with one attached hydrogen (secondary N) is 1. The van der Waals surface area contributed by atoms with E-state index in [2.05, 4.69) is 21.4 Å². The number of ketones is 1. The molecule has 9 nitrogen and oxygen atoms in total. The summed E-state index contributed by atoms with van der Waals surface area (Å²) >= 11 is 0.566. The molecule has 0 aromatic rings. The second-order valence-electron chi connectivity index (χ2n) is 5.03. The zero-order chi connectivity index (χ0) is 18.4. The molecular formula is C14H17N3O6S. The summed E-state index contributed by atoms with van der Waals surface area (Å²) in [5, 5.41) is 10.4. The van der Waals surface area contributed by atoms with Crippen LogP contribution in [0.3, 0.4) is 0 Å². The second-order valence-corrected chi connectivity index (χ2v) is 6.35. The Balaban J connectivity index is 3.07. The highest BCUT2D eigenvalue weighted by atomic mass is 32.2. The van der Waals surface area contributed by atoms with Crippen molar-refractivity contribution in [2.75, 3.05) is 6.61 Å². The normalized spacial score (nSPS) is 21.4. The van der Waals surface area contributed by atoms with E-state index in [0.29, 0.717) is 11.8 Å². The minimum Gasteiger partial charge on any atom is -0.453 e. The van der Waals surface area contributed by atoms with Crippen molar-refractivity contribution in [2.45, 2.75) is 31.2 Å². The summed E-state index contributed by atoms with van der Waals surface area (Å²) in [6.45, 7) is 5.71. The fraction of sp³-hybridized carbons (Fsp3) is 0.500. The molecule has 0 bridgehead atoms. The molecule has 1 saturated heterocycles. The predicted molar refractivity (Wildman–Crippen MR) is 84.0 cm³/mol. The Hall–Kier alpha value is -2.29. The molecule has 1 heterocycles. The van der Waals surface area contributed by atoms with Crippen molar-refractivity contribution < 1.29 is 33.8 Å². The summed E-state index contributed by atoms with van der Waals surface area (Å²) in [5.74, 6) is -3.57. The average molecular weight is 355 g/mol. The smallest absolute Gasteiger partial charge is 0.442 e. The van der Waals surface area contributed by atoms with Crippen molar-refractivity contribution in [1.82, 2.24) is 5.32 Å². The lowest BCUT2D eigenvalue weighted by Crippen LogP contribution is -2.67. The van der Waals surface area contributed by atoms with Gasteiger partial charge in [0, 0.05) is 6.92 Å². The highest BCUT2D eigenvalue weighted by Gasteiger charge is 2.52. The summed E-state index contributed by atoms with van der Waals surface area (Å²) in [4.78, 5) is 49.9. The van der Waals surface area contributed by atoms with Crippen LogP contribution in [-0.4, -0.2) is 62.4 Å². The Morgan fingerprint density at radius 1 is 1.54 bits per heavy atom. The van der Waals surface area contributed by atoms with Crippen molar-refractivity contribution in [2.24, 2.45) is 5.92 Å². The second kappa shape index (κ2) is 8.53. The maximum atomic E-state index is 12.5. The van der Waals surface area contributed by atoms with Gasteiger partial charge in [-0.1, -0.05) is 24.4 Å². The predicted octanol–water partition coefficient (Wildman–Crippen LogP) is -0.901. The quantitative estimate of drug-likeness (QED) is 0.109. The monoisotopic (exact) mass is 355 g/mol. The van der Waals surface area contributed by atoms with E-state index in [1.807, 2.05) is 0 Å². The number of amides is 1. The van der Waals surface area contributed by atoms with Crippen LogP contribution in [0.1, 0.15) is 13.8 Å². The minimum absolute atomic E-state index is 0.202. The van der Waals surface area contributed by atoms with Gasteiger partial charge in [0.25, 0.3) is 5.78 Å². The Morgan fingerprint density at radius 3 is 2.58 bits per heavy atom. The number of hydrogen-bond donors (Lipinski definition) is 2. The van der Waals surface area contributed by atoms with Gasteiger partial charge < -0.3 is 20.7 Å². The van der Waals surface area contributed by atoms with Gasteiger partial charge in [-0.05, 0) is 6.92 Å². The van der Waals surface area contributed by atoms with E-state index in [1.54, 1.807) is 0 Å². The molecule has 0 aromatic heterocycles. The first-order valence-electron chi connectivity index (χ1n) is 6.94. The maximum Gasteiger partial charge on any atom is 0.442 e. The number of ether oxygens (including phenoxy) is 1. The molecular weight excluding hydrogens is 338 g/mol. The van der Waals surface area contributed by atoms with Crippen LogP contribution in [0.5, 0.6) is 0 Å². The molecule has 1 amide bonds. The van der Waals surface area contributed by atoms with Crippen LogP contribution in [0.15, 0.2) is 12.7 Å². The van der Waals surface area contributed by atoms with Gasteiger partial charge in [0.1, 0.15) is 11.9 Å². The van der Waals surface area contributed by atoms with Gasteiger partial charge in [0.05, 0.1) is 18.1 Å². The molecule has 0 aromatic carbocycles. The molecule has 0 aliphatic carbocycles. The first kappa shape index (κ1) is 19.8. The van der Waals surface area contributed by atoms with E-state index < -0.39 is 51.8 Å². The Morgan fingerprint density at radius 2 is 2.17 bits per heavy atom. The molecule has 4 atom stereocenters. The molecule has 0 unspecified atom stereocenters. The standard InChI is InChI=1S/C14H17N3O6S/c1-4-5-23-14(22)10(17-15)11(20)12(24-7(3)19)9-8(6(2)18)13(21)16-9/h4,6,8-9,12,18H,1,5H2,2-3H3,(H,16,21)/t6-,8-,9+,12+/m1/s1. The zero-order valence-electron chi connectivity index (χ0n) is 13.1. The van der Waals surface area contributed by atoms with Crippen molar-refractivity contribution in [3.05, 3.63) is 18.2 Å². The first-order chi connectivity index (χ1) is 11.2. The van der Waals surface area contributed by atoms with Gasteiger partial charge in [0.2, 0.25) is 5.91 Å². The lowest BCUT2D eigenvalue weighted by Gasteiger charge is -2.41. The molecule has 1 aliphatic rings. The third kappa shape index (κ3) is 4.38.